The van der Waals surface area contributed by atoms with E-state index in [0.717, 1.165) is 48.7 Å². The van der Waals surface area contributed by atoms with Crippen LogP contribution >= 0.6 is 11.3 Å². The average Bonchev–Trinajstić information content (AvgIpc) is 3.90. The lowest BCUT2D eigenvalue weighted by Gasteiger charge is -2.10. The molecule has 0 saturated heterocycles. The van der Waals surface area contributed by atoms with E-state index in [1.807, 2.05) is 91.0 Å². The van der Waals surface area contributed by atoms with Crippen LogP contribution in [0.25, 0.3) is 104 Å². The van der Waals surface area contributed by atoms with Gasteiger partial charge in [-0.2, -0.15) is 0 Å². The van der Waals surface area contributed by atoms with Gasteiger partial charge in [0.05, 0.1) is 24.7 Å². The van der Waals surface area contributed by atoms with Crippen molar-refractivity contribution >= 4 is 53.3 Å². The van der Waals surface area contributed by atoms with Crippen molar-refractivity contribution in [3.63, 3.8) is 0 Å². The molecule has 11 aromatic rings. The van der Waals surface area contributed by atoms with Gasteiger partial charge in [0.15, 0.2) is 17.5 Å². The first kappa shape index (κ1) is 23.5. The largest absolute Gasteiger partial charge is 0.309 e. The summed E-state index contributed by atoms with van der Waals surface area (Å²) in [5.41, 5.74) is 5.72. The number of para-hydroxylation sites is 2. The highest BCUT2D eigenvalue weighted by Crippen LogP contribution is 2.44. The molecule has 5 heteroatoms. The number of thiophene rings is 1. The molecule has 0 saturated carbocycles. The van der Waals surface area contributed by atoms with E-state index in [1.54, 1.807) is 12.1 Å². The Labute approximate surface area is 341 Å². The third kappa shape index (κ3) is 5.40. The summed E-state index contributed by atoms with van der Waals surface area (Å²) in [6.07, 6.45) is 0. The van der Waals surface area contributed by atoms with Crippen molar-refractivity contribution in [3.05, 3.63) is 194 Å². The van der Waals surface area contributed by atoms with Crippen molar-refractivity contribution in [2.45, 2.75) is 0 Å². The number of nitrogens with zero attached hydrogens (tertiary/aromatic N) is 4. The van der Waals surface area contributed by atoms with Crippen molar-refractivity contribution in [1.29, 1.82) is 0 Å². The van der Waals surface area contributed by atoms with Gasteiger partial charge in [0.1, 0.15) is 0 Å². The summed E-state index contributed by atoms with van der Waals surface area (Å²) in [5, 5.41) is 3.37. The standard InChI is InChI=1S/C51H32N4S/c1-5-16-33(17-6-1)37-30-42(34-18-7-2-8-19-34)48-43(31-37)39-29-28-36(32-46(39)56-48)50-52-49(35-20-9-3-10-21-35)53-51(54-50)41-25-15-27-45-47(41)40-24-13-14-26-44(40)55(45)38-22-11-4-12-23-38/h1-32H/i1D,2D,5D,6D,7D,8D,16D,17D,18D,19D. The highest BCUT2D eigenvalue weighted by Gasteiger charge is 2.20. The molecular weight excluding hydrogens is 701 g/mol. The summed E-state index contributed by atoms with van der Waals surface area (Å²) in [4.78, 5) is 15.3. The Morgan fingerprint density at radius 1 is 0.429 bits per heavy atom. The minimum atomic E-state index is -0.544. The Morgan fingerprint density at radius 2 is 1.09 bits per heavy atom. The normalized spacial score (nSPS) is 14.1. The molecule has 4 nitrogen and oxygen atoms in total. The van der Waals surface area contributed by atoms with Crippen molar-refractivity contribution < 1.29 is 13.7 Å². The molecule has 0 radical (unpaired) electrons. The Morgan fingerprint density at radius 3 is 1.88 bits per heavy atom. The molecule has 0 bridgehead atoms. The van der Waals surface area contributed by atoms with Gasteiger partial charge in [-0.1, -0.05) is 151 Å². The molecule has 262 valence electrons. The van der Waals surface area contributed by atoms with E-state index in [4.69, 9.17) is 28.7 Å². The van der Waals surface area contributed by atoms with Gasteiger partial charge in [-0.25, -0.2) is 15.0 Å². The maximum absolute atomic E-state index is 8.96. The lowest BCUT2D eigenvalue weighted by molar-refractivity contribution is 1.08. The van der Waals surface area contributed by atoms with E-state index in [9.17, 15) is 0 Å². The zero-order valence-corrected chi connectivity index (χ0v) is 30.2. The molecule has 3 aromatic heterocycles. The Hall–Kier alpha value is -7.21. The van der Waals surface area contributed by atoms with E-state index in [0.29, 0.717) is 33.1 Å². The molecule has 0 amide bonds. The summed E-state index contributed by atoms with van der Waals surface area (Å²) in [6.45, 7) is 0. The summed E-state index contributed by atoms with van der Waals surface area (Å²) < 4.78 is 89.5. The predicted octanol–water partition coefficient (Wildman–Crippen LogP) is 13.7. The van der Waals surface area contributed by atoms with E-state index < -0.39 is 60.4 Å². The highest BCUT2D eigenvalue weighted by atomic mass is 32.1. The van der Waals surface area contributed by atoms with Crippen molar-refractivity contribution in [2.75, 3.05) is 0 Å². The van der Waals surface area contributed by atoms with Crippen LogP contribution in [0.3, 0.4) is 0 Å². The van der Waals surface area contributed by atoms with Crippen LogP contribution in [-0.4, -0.2) is 19.5 Å². The zero-order chi connectivity index (χ0) is 45.7. The molecule has 56 heavy (non-hydrogen) atoms. The van der Waals surface area contributed by atoms with Crippen LogP contribution in [0.4, 0.5) is 0 Å². The monoisotopic (exact) mass is 742 g/mol. The molecule has 0 fully saturated rings. The van der Waals surface area contributed by atoms with Gasteiger partial charge >= 0.3 is 0 Å². The first-order valence-corrected chi connectivity index (χ1v) is 18.8. The summed E-state index contributed by atoms with van der Waals surface area (Å²) in [7, 11) is 0. The van der Waals surface area contributed by atoms with E-state index in [2.05, 4.69) is 34.9 Å². The second-order valence-corrected chi connectivity index (χ2v) is 14.3. The molecule has 0 N–H and O–H groups in total. The molecule has 0 aliphatic heterocycles. The number of rotatable bonds is 6. The minimum absolute atomic E-state index is 0.0654. The Kier molecular flexibility index (Phi) is 5.58. The third-order valence-electron chi connectivity index (χ3n) is 10.0. The van der Waals surface area contributed by atoms with Gasteiger partial charge < -0.3 is 4.57 Å². The SMILES string of the molecule is [2H]c1c([2H])c([2H])c(-c2cc(-c3c([2H])c([2H])c([2H])c([2H])c3[2H])c3sc4cc(-c5nc(-c6ccccc6)nc(-c6cccc7c6c6ccccc6n7-c6ccccc6)n5)ccc4c3c2)c([2H])c1[2H]. The van der Waals surface area contributed by atoms with Crippen LogP contribution in [0.1, 0.15) is 13.7 Å². The van der Waals surface area contributed by atoms with E-state index in [1.165, 1.54) is 11.3 Å². The number of aromatic nitrogens is 4. The number of fused-ring (bicyclic) bond motifs is 6. The number of benzene rings is 8. The number of hydrogen-bond acceptors (Lipinski definition) is 4. The lowest BCUT2D eigenvalue weighted by atomic mass is 9.96. The fraction of sp³-hybridized carbons (Fsp3) is 0. The molecule has 0 aliphatic rings. The fourth-order valence-corrected chi connectivity index (χ4v) is 8.77. The predicted molar refractivity (Wildman–Crippen MR) is 234 cm³/mol. The first-order valence-electron chi connectivity index (χ1n) is 23.0. The van der Waals surface area contributed by atoms with Crippen LogP contribution < -0.4 is 0 Å². The van der Waals surface area contributed by atoms with Crippen LogP contribution in [0.15, 0.2) is 194 Å². The second-order valence-electron chi connectivity index (χ2n) is 13.3. The fourth-order valence-electron chi connectivity index (χ4n) is 7.53. The summed E-state index contributed by atoms with van der Waals surface area (Å²) in [5.74, 6) is 1.36. The third-order valence-corrected chi connectivity index (χ3v) is 11.2. The Balaban J connectivity index is 1.16. The van der Waals surface area contributed by atoms with Gasteiger partial charge in [0.2, 0.25) is 0 Å². The maximum atomic E-state index is 8.96. The summed E-state index contributed by atoms with van der Waals surface area (Å²) in [6, 6.07) is 38.5. The molecular formula is C51H32N4S. The van der Waals surface area contributed by atoms with Crippen molar-refractivity contribution in [2.24, 2.45) is 0 Å². The highest BCUT2D eigenvalue weighted by molar-refractivity contribution is 7.26. The van der Waals surface area contributed by atoms with Gasteiger partial charge in [0, 0.05) is 58.9 Å². The second kappa shape index (κ2) is 13.3. The van der Waals surface area contributed by atoms with Crippen molar-refractivity contribution in [1.82, 2.24) is 19.5 Å². The number of hydrogen-bond donors (Lipinski definition) is 0. The topological polar surface area (TPSA) is 43.6 Å². The van der Waals surface area contributed by atoms with Gasteiger partial charge in [-0.15, -0.1) is 11.3 Å². The average molecular weight is 743 g/mol. The molecule has 3 heterocycles. The first-order chi connectivity index (χ1) is 31.9. The molecule has 0 atom stereocenters. The minimum Gasteiger partial charge on any atom is -0.309 e. The Bertz CT molecular complexity index is 3780. The van der Waals surface area contributed by atoms with E-state index >= 15 is 0 Å². The van der Waals surface area contributed by atoms with Crippen LogP contribution in [-0.2, 0) is 0 Å². The lowest BCUT2D eigenvalue weighted by Crippen LogP contribution is -2.00. The van der Waals surface area contributed by atoms with Crippen LogP contribution in [0, 0.1) is 0 Å². The van der Waals surface area contributed by atoms with Crippen LogP contribution in [0.2, 0.25) is 0 Å². The smallest absolute Gasteiger partial charge is 0.164 e. The van der Waals surface area contributed by atoms with E-state index in [-0.39, 0.29) is 22.3 Å². The molecule has 0 unspecified atom stereocenters. The van der Waals surface area contributed by atoms with Gasteiger partial charge in [-0.05, 0) is 59.2 Å². The quantitative estimate of drug-likeness (QED) is 0.170. The molecule has 8 aromatic carbocycles. The summed E-state index contributed by atoms with van der Waals surface area (Å²) >= 11 is 1.34. The molecule has 11 rings (SSSR count). The van der Waals surface area contributed by atoms with Gasteiger partial charge in [0.25, 0.3) is 0 Å². The molecule has 0 spiro atoms. The molecule has 0 aliphatic carbocycles. The maximum Gasteiger partial charge on any atom is 0.164 e. The van der Waals surface area contributed by atoms with Crippen LogP contribution in [0.5, 0.6) is 0 Å². The zero-order valence-electron chi connectivity index (χ0n) is 39.4. The van der Waals surface area contributed by atoms with Crippen molar-refractivity contribution in [3.8, 4) is 62.1 Å². The van der Waals surface area contributed by atoms with Gasteiger partial charge in [-0.3, -0.25) is 0 Å².